The van der Waals surface area contributed by atoms with Gasteiger partial charge in [0.1, 0.15) is 15.7 Å². The number of nitrogens with zero attached hydrogens (tertiary/aromatic N) is 4. The molecule has 2 aromatic rings. The van der Waals surface area contributed by atoms with Gasteiger partial charge >= 0.3 is 11.8 Å². The number of amides is 1. The molecule has 3 heterocycles. The molecule has 1 N–H and O–H groups in total. The highest BCUT2D eigenvalue weighted by Crippen LogP contribution is 2.43. The fourth-order valence-corrected chi connectivity index (χ4v) is 6.90. The maximum atomic E-state index is 12.8. The summed E-state index contributed by atoms with van der Waals surface area (Å²) in [6.45, 7) is 0.899. The number of carbonyl (C=O) groups is 1. The number of aryl methyl sites for hydroxylation is 1. The smallest absolute Gasteiger partial charge is 0.407 e. The number of halogens is 2. The second kappa shape index (κ2) is 7.88. The second-order valence-electron chi connectivity index (χ2n) is 7.28. The summed E-state index contributed by atoms with van der Waals surface area (Å²) in [6.07, 6.45) is -0.00316. The summed E-state index contributed by atoms with van der Waals surface area (Å²) in [5.74, 6) is 0.785. The number of hydrogen-bond donors (Lipinski definition) is 1. The molecule has 1 saturated heterocycles. The number of anilines is 1. The van der Waals surface area contributed by atoms with Crippen LogP contribution in [0.15, 0.2) is 20.2 Å². The number of carboxylic acid groups (broad SMARTS) is 1. The van der Waals surface area contributed by atoms with Crippen LogP contribution in [0.25, 0.3) is 10.9 Å². The lowest BCUT2D eigenvalue weighted by atomic mass is 10.1. The van der Waals surface area contributed by atoms with Gasteiger partial charge in [-0.3, -0.25) is 4.57 Å². The van der Waals surface area contributed by atoms with E-state index in [9.17, 15) is 23.1 Å². The monoisotopic (exact) mass is 536 g/mol. The molecule has 1 unspecified atom stereocenters. The molecule has 1 aromatic heterocycles. The van der Waals surface area contributed by atoms with Crippen molar-refractivity contribution in [1.29, 1.82) is 0 Å². The maximum Gasteiger partial charge on any atom is 0.407 e. The summed E-state index contributed by atoms with van der Waals surface area (Å²) in [4.78, 5) is 32.3. The Morgan fingerprint density at radius 1 is 1.40 bits per heavy atom. The van der Waals surface area contributed by atoms with Crippen molar-refractivity contribution >= 4 is 71.9 Å². The van der Waals surface area contributed by atoms with Crippen LogP contribution in [-0.4, -0.2) is 77.5 Å². The number of sulfone groups is 1. The summed E-state index contributed by atoms with van der Waals surface area (Å²) in [6, 6.07) is 1.05. The number of thioether (sulfide) groups is 1. The Kier molecular flexibility index (Phi) is 5.71. The van der Waals surface area contributed by atoms with E-state index < -0.39 is 27.7 Å². The number of aromatic nitrogens is 2. The van der Waals surface area contributed by atoms with Crippen LogP contribution in [0.3, 0.4) is 0 Å². The van der Waals surface area contributed by atoms with E-state index in [-0.39, 0.29) is 25.4 Å². The lowest BCUT2D eigenvalue weighted by Gasteiger charge is -2.41. The maximum absolute atomic E-state index is 12.8. The molecule has 4 rings (SSSR count). The molecule has 30 heavy (non-hydrogen) atoms. The minimum Gasteiger partial charge on any atom is -0.465 e. The van der Waals surface area contributed by atoms with Gasteiger partial charge in [0, 0.05) is 48.5 Å². The topological polar surface area (TPSA) is 113 Å². The van der Waals surface area contributed by atoms with E-state index in [0.717, 1.165) is 11.2 Å². The fraction of sp³-hybridized carbons (Fsp3) is 0.471. The normalized spacial score (nSPS) is 19.4. The van der Waals surface area contributed by atoms with Crippen molar-refractivity contribution in [3.05, 3.63) is 26.0 Å². The van der Waals surface area contributed by atoms with E-state index >= 15 is 0 Å². The summed E-state index contributed by atoms with van der Waals surface area (Å²) in [5, 5.41) is 10.5. The van der Waals surface area contributed by atoms with Crippen LogP contribution in [0.5, 0.6) is 0 Å². The first-order valence-electron chi connectivity index (χ1n) is 9.04. The minimum atomic E-state index is -3.41. The van der Waals surface area contributed by atoms with E-state index in [1.54, 1.807) is 27.3 Å². The Morgan fingerprint density at radius 3 is 2.80 bits per heavy atom. The summed E-state index contributed by atoms with van der Waals surface area (Å²) in [5.41, 5.74) is 0.281. The molecule has 1 amide bonds. The molecule has 1 aromatic carbocycles. The Hall–Kier alpha value is -1.50. The van der Waals surface area contributed by atoms with Crippen LogP contribution in [0.2, 0.25) is 5.02 Å². The van der Waals surface area contributed by atoms with Gasteiger partial charge in [-0.05, 0) is 22.0 Å². The third-order valence-corrected chi connectivity index (χ3v) is 8.85. The standard InChI is InChI=1S/C17H18BrClN4O5S2/c1-30(27,28)8-9-7-21(17(25)26)2-3-22(9)15-10-6-11(19)12(18)14-13(10)23(4-5-29-14)16(24)20-15/h6,9H,2-5,7-8H2,1H3,(H,25,26). The lowest BCUT2D eigenvalue weighted by molar-refractivity contribution is 0.136. The van der Waals surface area contributed by atoms with Crippen LogP contribution in [0, 0.1) is 0 Å². The van der Waals surface area contributed by atoms with Gasteiger partial charge in [-0.25, -0.2) is 18.0 Å². The van der Waals surface area contributed by atoms with Crippen LogP contribution in [0.4, 0.5) is 10.6 Å². The zero-order valence-electron chi connectivity index (χ0n) is 15.8. The highest BCUT2D eigenvalue weighted by molar-refractivity contribution is 9.10. The molecule has 1 atom stereocenters. The van der Waals surface area contributed by atoms with Crippen LogP contribution in [-0.2, 0) is 16.4 Å². The highest BCUT2D eigenvalue weighted by Gasteiger charge is 2.35. The Bertz CT molecular complexity index is 1220. The van der Waals surface area contributed by atoms with Gasteiger partial charge in [0.05, 0.1) is 26.8 Å². The molecular formula is C17H18BrClN4O5S2. The predicted molar refractivity (Wildman–Crippen MR) is 120 cm³/mol. The molecule has 162 valence electrons. The molecule has 0 spiro atoms. The van der Waals surface area contributed by atoms with Crippen LogP contribution < -0.4 is 10.6 Å². The van der Waals surface area contributed by atoms with Crippen molar-refractivity contribution in [1.82, 2.24) is 14.5 Å². The first-order valence-corrected chi connectivity index (χ1v) is 13.3. The molecule has 2 aliphatic rings. The first-order chi connectivity index (χ1) is 14.1. The quantitative estimate of drug-likeness (QED) is 0.634. The van der Waals surface area contributed by atoms with Gasteiger partial charge in [-0.1, -0.05) is 11.6 Å². The van der Waals surface area contributed by atoms with E-state index in [1.807, 2.05) is 0 Å². The zero-order chi connectivity index (χ0) is 21.8. The van der Waals surface area contributed by atoms with Gasteiger partial charge in [-0.15, -0.1) is 11.8 Å². The fourth-order valence-electron chi connectivity index (χ4n) is 3.94. The molecule has 0 radical (unpaired) electrons. The Balaban J connectivity index is 1.92. The van der Waals surface area contributed by atoms with Crippen molar-refractivity contribution in [2.24, 2.45) is 0 Å². The van der Waals surface area contributed by atoms with Crippen molar-refractivity contribution in [2.45, 2.75) is 17.5 Å². The van der Waals surface area contributed by atoms with E-state index in [4.69, 9.17) is 11.6 Å². The zero-order valence-corrected chi connectivity index (χ0v) is 19.8. The predicted octanol–water partition coefficient (Wildman–Crippen LogP) is 2.13. The number of hydrogen-bond acceptors (Lipinski definition) is 7. The van der Waals surface area contributed by atoms with Crippen molar-refractivity contribution in [2.75, 3.05) is 42.3 Å². The summed E-state index contributed by atoms with van der Waals surface area (Å²) in [7, 11) is -3.41. The number of rotatable bonds is 3. The number of piperazine rings is 1. The molecule has 13 heteroatoms. The molecule has 0 saturated carbocycles. The average Bonchev–Trinajstić information content (AvgIpc) is 2.67. The van der Waals surface area contributed by atoms with Gasteiger partial charge in [0.25, 0.3) is 0 Å². The van der Waals surface area contributed by atoms with Crippen molar-refractivity contribution in [3.63, 3.8) is 0 Å². The lowest BCUT2D eigenvalue weighted by Crippen LogP contribution is -2.57. The average molecular weight is 538 g/mol. The molecule has 0 bridgehead atoms. The van der Waals surface area contributed by atoms with Gasteiger partial charge < -0.3 is 14.9 Å². The second-order valence-corrected chi connectivity index (χ2v) is 11.8. The van der Waals surface area contributed by atoms with Crippen LogP contribution in [0.1, 0.15) is 0 Å². The Labute approximate surface area is 190 Å². The van der Waals surface area contributed by atoms with Crippen molar-refractivity contribution < 1.29 is 18.3 Å². The molecular weight excluding hydrogens is 520 g/mol. The summed E-state index contributed by atoms with van der Waals surface area (Å²) < 4.78 is 26.4. The van der Waals surface area contributed by atoms with E-state index in [0.29, 0.717) is 38.5 Å². The van der Waals surface area contributed by atoms with E-state index in [2.05, 4.69) is 20.9 Å². The summed E-state index contributed by atoms with van der Waals surface area (Å²) >= 11 is 11.5. The molecule has 2 aliphatic heterocycles. The SMILES string of the molecule is CS(=O)(=O)CC1CN(C(=O)O)CCN1c1nc(=O)n2c3c(c(Br)c(Cl)cc13)SCC2. The number of benzene rings is 1. The Morgan fingerprint density at radius 2 is 2.13 bits per heavy atom. The van der Waals surface area contributed by atoms with Gasteiger partial charge in [-0.2, -0.15) is 4.98 Å². The van der Waals surface area contributed by atoms with Crippen LogP contribution >= 0.6 is 39.3 Å². The van der Waals surface area contributed by atoms with E-state index in [1.165, 1.54) is 4.90 Å². The highest BCUT2D eigenvalue weighted by atomic mass is 79.9. The molecule has 0 aliphatic carbocycles. The van der Waals surface area contributed by atoms with Crippen molar-refractivity contribution in [3.8, 4) is 0 Å². The van der Waals surface area contributed by atoms with Gasteiger partial charge in [0.15, 0.2) is 0 Å². The van der Waals surface area contributed by atoms with Gasteiger partial charge in [0.2, 0.25) is 0 Å². The largest absolute Gasteiger partial charge is 0.465 e. The minimum absolute atomic E-state index is 0.000525. The third kappa shape index (κ3) is 3.90. The third-order valence-electron chi connectivity index (χ3n) is 5.18. The first kappa shape index (κ1) is 21.7. The molecule has 1 fully saturated rings. The molecule has 9 nitrogen and oxygen atoms in total.